The minimum absolute atomic E-state index is 0.273. The van der Waals surface area contributed by atoms with Crippen LogP contribution >= 0.6 is 22.9 Å². The second kappa shape index (κ2) is 6.95. The van der Waals surface area contributed by atoms with E-state index in [9.17, 15) is 9.18 Å². The summed E-state index contributed by atoms with van der Waals surface area (Å²) in [7, 11) is 0. The first-order valence-corrected chi connectivity index (χ1v) is 9.79. The van der Waals surface area contributed by atoms with Crippen LogP contribution in [-0.4, -0.2) is 14.6 Å². The molecule has 2 aromatic carbocycles. The van der Waals surface area contributed by atoms with Gasteiger partial charge < -0.3 is 4.42 Å². The summed E-state index contributed by atoms with van der Waals surface area (Å²) >= 11 is 7.24. The van der Waals surface area contributed by atoms with Gasteiger partial charge in [-0.2, -0.15) is 9.50 Å². The predicted octanol–water partition coefficient (Wildman–Crippen LogP) is 4.42. The van der Waals surface area contributed by atoms with E-state index in [0.29, 0.717) is 31.9 Å². The number of furan rings is 1. The SMILES string of the molecule is O=c1c(=Cc2ccc(-c3ccc(F)cc3)o2)sc2nc(-c3cccc(Cl)c3)nn12. The van der Waals surface area contributed by atoms with Crippen molar-refractivity contribution < 1.29 is 8.81 Å². The fourth-order valence-corrected chi connectivity index (χ4v) is 3.99. The Balaban J connectivity index is 1.52. The summed E-state index contributed by atoms with van der Waals surface area (Å²) in [6, 6.07) is 16.7. The maximum absolute atomic E-state index is 13.1. The summed E-state index contributed by atoms with van der Waals surface area (Å²) in [6.07, 6.45) is 1.65. The molecule has 5 rings (SSSR count). The number of thiazole rings is 1. The highest BCUT2D eigenvalue weighted by atomic mass is 35.5. The Morgan fingerprint density at radius 2 is 1.90 bits per heavy atom. The van der Waals surface area contributed by atoms with Gasteiger partial charge in [0, 0.05) is 22.2 Å². The lowest BCUT2D eigenvalue weighted by atomic mass is 10.2. The third-order valence-electron chi connectivity index (χ3n) is 4.29. The first kappa shape index (κ1) is 17.8. The van der Waals surface area contributed by atoms with E-state index in [-0.39, 0.29) is 11.4 Å². The van der Waals surface area contributed by atoms with Crippen molar-refractivity contribution in [3.8, 4) is 22.7 Å². The minimum atomic E-state index is -0.310. The molecule has 0 spiro atoms. The average Bonchev–Trinajstić information content (AvgIpc) is 3.41. The van der Waals surface area contributed by atoms with Crippen LogP contribution in [0.1, 0.15) is 5.76 Å². The molecule has 0 N–H and O–H groups in total. The zero-order valence-electron chi connectivity index (χ0n) is 14.7. The van der Waals surface area contributed by atoms with Crippen molar-refractivity contribution in [2.75, 3.05) is 0 Å². The highest BCUT2D eigenvalue weighted by molar-refractivity contribution is 7.15. The van der Waals surface area contributed by atoms with Gasteiger partial charge in [-0.3, -0.25) is 4.79 Å². The maximum Gasteiger partial charge on any atom is 0.291 e. The molecule has 5 nitrogen and oxygen atoms in total. The van der Waals surface area contributed by atoms with Crippen LogP contribution in [0.15, 0.2) is 69.9 Å². The number of hydrogen-bond acceptors (Lipinski definition) is 5. The molecule has 3 heterocycles. The van der Waals surface area contributed by atoms with Crippen LogP contribution in [0.3, 0.4) is 0 Å². The van der Waals surface area contributed by atoms with Crippen molar-refractivity contribution in [3.63, 3.8) is 0 Å². The second-order valence-electron chi connectivity index (χ2n) is 6.26. The Morgan fingerprint density at radius 3 is 2.66 bits per heavy atom. The third-order valence-corrected chi connectivity index (χ3v) is 5.49. The van der Waals surface area contributed by atoms with Gasteiger partial charge in [-0.25, -0.2) is 4.39 Å². The molecule has 0 fully saturated rings. The molecule has 0 saturated heterocycles. The lowest BCUT2D eigenvalue weighted by Crippen LogP contribution is -2.23. The van der Waals surface area contributed by atoms with Crippen LogP contribution in [0.2, 0.25) is 5.02 Å². The summed E-state index contributed by atoms with van der Waals surface area (Å²) < 4.78 is 20.6. The lowest BCUT2D eigenvalue weighted by Gasteiger charge is -1.95. The van der Waals surface area contributed by atoms with E-state index >= 15 is 0 Å². The topological polar surface area (TPSA) is 60.4 Å². The second-order valence-corrected chi connectivity index (χ2v) is 7.71. The van der Waals surface area contributed by atoms with Crippen LogP contribution in [0.5, 0.6) is 0 Å². The van der Waals surface area contributed by atoms with Crippen LogP contribution in [-0.2, 0) is 0 Å². The van der Waals surface area contributed by atoms with Gasteiger partial charge in [0.15, 0.2) is 5.82 Å². The molecule has 0 saturated carbocycles. The van der Waals surface area contributed by atoms with Crippen molar-refractivity contribution in [1.82, 2.24) is 14.6 Å². The van der Waals surface area contributed by atoms with Gasteiger partial charge in [0.25, 0.3) is 5.56 Å². The van der Waals surface area contributed by atoms with Gasteiger partial charge in [-0.05, 0) is 48.5 Å². The number of nitrogens with zero attached hydrogens (tertiary/aromatic N) is 3. The van der Waals surface area contributed by atoms with Crippen molar-refractivity contribution in [2.24, 2.45) is 0 Å². The third kappa shape index (κ3) is 3.35. The van der Waals surface area contributed by atoms with Crippen LogP contribution in [0, 0.1) is 5.82 Å². The molecule has 29 heavy (non-hydrogen) atoms. The fraction of sp³-hybridized carbons (Fsp3) is 0. The molecule has 5 aromatic rings. The van der Waals surface area contributed by atoms with E-state index < -0.39 is 0 Å². The van der Waals surface area contributed by atoms with E-state index in [4.69, 9.17) is 16.0 Å². The van der Waals surface area contributed by atoms with E-state index in [1.807, 2.05) is 6.07 Å². The number of halogens is 2. The molecule has 0 aliphatic rings. The molecule has 0 unspecified atom stereocenters. The number of aromatic nitrogens is 3. The Bertz CT molecular complexity index is 1450. The first-order chi connectivity index (χ1) is 14.1. The molecule has 0 atom stereocenters. The van der Waals surface area contributed by atoms with Gasteiger partial charge >= 0.3 is 0 Å². The molecule has 0 bridgehead atoms. The average molecular weight is 424 g/mol. The molecule has 0 radical (unpaired) electrons. The fourth-order valence-electron chi connectivity index (χ4n) is 2.91. The summed E-state index contributed by atoms with van der Waals surface area (Å²) in [5, 5.41) is 4.88. The zero-order chi connectivity index (χ0) is 20.0. The highest BCUT2D eigenvalue weighted by Crippen LogP contribution is 2.23. The van der Waals surface area contributed by atoms with E-state index in [1.165, 1.54) is 28.0 Å². The van der Waals surface area contributed by atoms with Crippen LogP contribution in [0.25, 0.3) is 33.7 Å². The molecule has 0 amide bonds. The molecular weight excluding hydrogens is 413 g/mol. The normalized spacial score (nSPS) is 12.1. The van der Waals surface area contributed by atoms with Crippen molar-refractivity contribution in [1.29, 1.82) is 0 Å². The zero-order valence-corrected chi connectivity index (χ0v) is 16.2. The summed E-state index contributed by atoms with van der Waals surface area (Å²) in [6.45, 7) is 0. The van der Waals surface area contributed by atoms with Gasteiger partial charge in [0.1, 0.15) is 21.9 Å². The van der Waals surface area contributed by atoms with Gasteiger partial charge in [0.05, 0.1) is 0 Å². The van der Waals surface area contributed by atoms with E-state index in [0.717, 1.165) is 11.1 Å². The van der Waals surface area contributed by atoms with Crippen molar-refractivity contribution >= 4 is 34.0 Å². The molecular formula is C21H11ClFN3O2S. The molecule has 8 heteroatoms. The molecule has 0 aliphatic heterocycles. The molecule has 3 aromatic heterocycles. The minimum Gasteiger partial charge on any atom is -0.457 e. The summed E-state index contributed by atoms with van der Waals surface area (Å²) in [5.74, 6) is 1.24. The Hall–Kier alpha value is -3.29. The van der Waals surface area contributed by atoms with E-state index in [1.54, 1.807) is 48.5 Å². The standard InChI is InChI=1S/C21H11ClFN3O2S/c22-14-3-1-2-13(10-14)19-24-21-26(25-19)20(27)18(29-21)11-16-8-9-17(28-16)12-4-6-15(23)7-5-12/h1-11H. The highest BCUT2D eigenvalue weighted by Gasteiger charge is 2.13. The Morgan fingerprint density at radius 1 is 1.07 bits per heavy atom. The number of benzene rings is 2. The smallest absolute Gasteiger partial charge is 0.291 e. The van der Waals surface area contributed by atoms with Crippen molar-refractivity contribution in [2.45, 2.75) is 0 Å². The lowest BCUT2D eigenvalue weighted by molar-refractivity contribution is 0.571. The van der Waals surface area contributed by atoms with E-state index in [2.05, 4.69) is 10.1 Å². The quantitative estimate of drug-likeness (QED) is 0.431. The Kier molecular flexibility index (Phi) is 4.26. The van der Waals surface area contributed by atoms with Crippen molar-refractivity contribution in [3.05, 3.63) is 92.1 Å². The predicted molar refractivity (Wildman–Crippen MR) is 110 cm³/mol. The first-order valence-electron chi connectivity index (χ1n) is 8.60. The van der Waals surface area contributed by atoms with Gasteiger partial charge in [0.2, 0.25) is 4.96 Å². The number of rotatable bonds is 3. The monoisotopic (exact) mass is 423 g/mol. The Labute approximate surface area is 172 Å². The van der Waals surface area contributed by atoms with Gasteiger partial charge in [-0.15, -0.1) is 5.10 Å². The summed E-state index contributed by atoms with van der Waals surface area (Å²) in [4.78, 5) is 17.6. The van der Waals surface area contributed by atoms with Crippen LogP contribution < -0.4 is 10.1 Å². The van der Waals surface area contributed by atoms with Gasteiger partial charge in [-0.1, -0.05) is 35.1 Å². The largest absolute Gasteiger partial charge is 0.457 e. The molecule has 142 valence electrons. The number of hydrogen-bond donors (Lipinski definition) is 0. The van der Waals surface area contributed by atoms with Crippen LogP contribution in [0.4, 0.5) is 4.39 Å². The summed E-state index contributed by atoms with van der Waals surface area (Å²) in [5.41, 5.74) is 1.22. The number of fused-ring (bicyclic) bond motifs is 1. The maximum atomic E-state index is 13.1. The molecule has 0 aliphatic carbocycles.